The Balaban J connectivity index is 1.73. The van der Waals surface area contributed by atoms with E-state index in [0.717, 1.165) is 27.8 Å². The van der Waals surface area contributed by atoms with Crippen LogP contribution in [0.15, 0.2) is 43.0 Å². The van der Waals surface area contributed by atoms with Gasteiger partial charge in [0.2, 0.25) is 0 Å². The van der Waals surface area contributed by atoms with Crippen molar-refractivity contribution in [3.63, 3.8) is 0 Å². The van der Waals surface area contributed by atoms with Crippen molar-refractivity contribution in [2.75, 3.05) is 13.2 Å². The van der Waals surface area contributed by atoms with E-state index in [0.29, 0.717) is 32.1 Å². The number of ether oxygens (including phenoxy) is 2. The Bertz CT molecular complexity index is 887. The van der Waals surface area contributed by atoms with Crippen LogP contribution in [-0.2, 0) is 22.6 Å². The van der Waals surface area contributed by atoms with Gasteiger partial charge in [0.05, 0.1) is 25.9 Å². The third-order valence-corrected chi connectivity index (χ3v) is 5.16. The molecule has 4 heteroatoms. The lowest BCUT2D eigenvalue weighted by Crippen LogP contribution is -2.35. The van der Waals surface area contributed by atoms with Crippen molar-refractivity contribution in [2.45, 2.75) is 33.0 Å². The molecular formula is C22H23NO3. The van der Waals surface area contributed by atoms with E-state index < -0.39 is 0 Å². The number of amides is 1. The van der Waals surface area contributed by atoms with Gasteiger partial charge in [-0.3, -0.25) is 4.79 Å². The van der Waals surface area contributed by atoms with E-state index in [1.807, 2.05) is 36.9 Å². The van der Waals surface area contributed by atoms with Crippen LogP contribution in [0.1, 0.15) is 51.1 Å². The molecule has 2 heterocycles. The lowest BCUT2D eigenvalue weighted by atomic mass is 9.98. The smallest absolute Gasteiger partial charge is 0.255 e. The van der Waals surface area contributed by atoms with Gasteiger partial charge in [0.1, 0.15) is 5.76 Å². The number of carbonyl (C=O) groups excluding carboxylic acids is 1. The molecule has 1 amide bonds. The summed E-state index contributed by atoms with van der Waals surface area (Å²) in [6, 6.07) is 12.2. The van der Waals surface area contributed by atoms with E-state index in [9.17, 15) is 4.79 Å². The second-order valence-electron chi connectivity index (χ2n) is 6.86. The van der Waals surface area contributed by atoms with Gasteiger partial charge in [-0.2, -0.15) is 0 Å². The summed E-state index contributed by atoms with van der Waals surface area (Å²) in [6.07, 6.45) is 0. The van der Waals surface area contributed by atoms with E-state index in [1.54, 1.807) is 0 Å². The summed E-state index contributed by atoms with van der Waals surface area (Å²) in [5, 5.41) is 0. The Kier molecular flexibility index (Phi) is 4.29. The first kappa shape index (κ1) is 16.9. The van der Waals surface area contributed by atoms with Crippen LogP contribution in [0.2, 0.25) is 0 Å². The van der Waals surface area contributed by atoms with Crippen LogP contribution in [0.25, 0.3) is 5.76 Å². The van der Waals surface area contributed by atoms with E-state index in [1.165, 1.54) is 5.56 Å². The molecule has 0 saturated heterocycles. The summed E-state index contributed by atoms with van der Waals surface area (Å²) in [4.78, 5) is 15.1. The molecular weight excluding hydrogens is 326 g/mol. The first-order valence-corrected chi connectivity index (χ1v) is 9.02. The van der Waals surface area contributed by atoms with Gasteiger partial charge in [-0.25, -0.2) is 0 Å². The molecule has 0 saturated carbocycles. The molecule has 1 atom stereocenters. The Hall–Kier alpha value is -2.59. The molecule has 134 valence electrons. The summed E-state index contributed by atoms with van der Waals surface area (Å²) in [6.45, 7) is 10.2. The van der Waals surface area contributed by atoms with Crippen molar-refractivity contribution in [1.29, 1.82) is 0 Å². The number of benzene rings is 2. The van der Waals surface area contributed by atoms with Gasteiger partial charge in [-0.05, 0) is 48.2 Å². The maximum absolute atomic E-state index is 13.2. The average molecular weight is 349 g/mol. The summed E-state index contributed by atoms with van der Waals surface area (Å²) in [7, 11) is 0. The quantitative estimate of drug-likeness (QED) is 0.776. The van der Waals surface area contributed by atoms with Crippen molar-refractivity contribution in [1.82, 2.24) is 4.90 Å². The minimum atomic E-state index is -0.0617. The van der Waals surface area contributed by atoms with E-state index in [2.05, 4.69) is 24.8 Å². The van der Waals surface area contributed by atoms with Crippen LogP contribution >= 0.6 is 0 Å². The van der Waals surface area contributed by atoms with Crippen molar-refractivity contribution in [3.05, 3.63) is 76.4 Å². The molecule has 0 fully saturated rings. The first-order valence-electron chi connectivity index (χ1n) is 9.02. The third-order valence-electron chi connectivity index (χ3n) is 5.16. The number of carbonyl (C=O) groups is 1. The Morgan fingerprint density at radius 2 is 2.15 bits per heavy atom. The maximum atomic E-state index is 13.2. The zero-order chi connectivity index (χ0) is 18.3. The van der Waals surface area contributed by atoms with Crippen molar-refractivity contribution < 1.29 is 14.3 Å². The highest BCUT2D eigenvalue weighted by Gasteiger charge is 2.37. The van der Waals surface area contributed by atoms with Gasteiger partial charge in [0.25, 0.3) is 5.91 Å². The highest BCUT2D eigenvalue weighted by atomic mass is 16.5. The molecule has 0 radical (unpaired) electrons. The Morgan fingerprint density at radius 3 is 2.96 bits per heavy atom. The molecule has 0 N–H and O–H groups in total. The minimum absolute atomic E-state index is 0.0551. The molecule has 26 heavy (non-hydrogen) atoms. The predicted octanol–water partition coefficient (Wildman–Crippen LogP) is 4.23. The number of fused-ring (bicyclic) bond motifs is 2. The second-order valence-corrected chi connectivity index (χ2v) is 6.86. The van der Waals surface area contributed by atoms with Gasteiger partial charge in [0.15, 0.2) is 0 Å². The fourth-order valence-electron chi connectivity index (χ4n) is 3.95. The van der Waals surface area contributed by atoms with Crippen LogP contribution in [-0.4, -0.2) is 24.0 Å². The number of rotatable bonds is 4. The lowest BCUT2D eigenvalue weighted by molar-refractivity contribution is 0.0283. The van der Waals surface area contributed by atoms with E-state index in [-0.39, 0.29) is 11.9 Å². The number of hydrogen-bond acceptors (Lipinski definition) is 3. The van der Waals surface area contributed by atoms with Gasteiger partial charge in [-0.15, -0.1) is 0 Å². The van der Waals surface area contributed by atoms with Gasteiger partial charge in [0, 0.05) is 17.7 Å². The van der Waals surface area contributed by atoms with E-state index >= 15 is 0 Å². The minimum Gasteiger partial charge on any atom is -0.494 e. The van der Waals surface area contributed by atoms with Crippen LogP contribution in [0, 0.1) is 6.92 Å². The highest BCUT2D eigenvalue weighted by Crippen LogP contribution is 2.38. The Morgan fingerprint density at radius 1 is 1.35 bits per heavy atom. The lowest BCUT2D eigenvalue weighted by Gasteiger charge is -2.33. The molecule has 0 aromatic heterocycles. The zero-order valence-corrected chi connectivity index (χ0v) is 15.2. The topological polar surface area (TPSA) is 38.8 Å². The average Bonchev–Trinajstić information content (AvgIpc) is 2.97. The normalized spacial score (nSPS) is 18.5. The van der Waals surface area contributed by atoms with Gasteiger partial charge < -0.3 is 14.4 Å². The molecule has 1 unspecified atom stereocenters. The van der Waals surface area contributed by atoms with Gasteiger partial charge >= 0.3 is 0 Å². The summed E-state index contributed by atoms with van der Waals surface area (Å²) >= 11 is 0. The largest absolute Gasteiger partial charge is 0.494 e. The molecule has 4 nitrogen and oxygen atoms in total. The van der Waals surface area contributed by atoms with Crippen LogP contribution in [0.4, 0.5) is 0 Å². The molecule has 2 aliphatic rings. The van der Waals surface area contributed by atoms with Crippen molar-refractivity contribution in [2.24, 2.45) is 0 Å². The molecule has 2 aromatic rings. The van der Waals surface area contributed by atoms with E-state index in [4.69, 9.17) is 9.47 Å². The molecule has 2 aromatic carbocycles. The standard InChI is InChI=1S/C22H23NO3/c1-4-26-15(3)18-9-14(2)10-19-20(18)11-23(22(19)24)21-13-25-12-16-7-5-6-8-17(16)21/h5-10,21H,3-4,11-13H2,1-2H3. The first-order chi connectivity index (χ1) is 12.6. The predicted molar refractivity (Wildman–Crippen MR) is 101 cm³/mol. The van der Waals surface area contributed by atoms with Gasteiger partial charge in [-0.1, -0.05) is 30.8 Å². The van der Waals surface area contributed by atoms with Crippen LogP contribution in [0.3, 0.4) is 0 Å². The second kappa shape index (κ2) is 6.61. The molecule has 0 bridgehead atoms. The fourth-order valence-corrected chi connectivity index (χ4v) is 3.95. The monoisotopic (exact) mass is 349 g/mol. The zero-order valence-electron chi connectivity index (χ0n) is 15.2. The summed E-state index contributed by atoms with van der Waals surface area (Å²) in [5.74, 6) is 0.682. The maximum Gasteiger partial charge on any atom is 0.255 e. The molecule has 4 rings (SSSR count). The SMILES string of the molecule is C=C(OCC)c1cc(C)cc2c1CN(C1COCc3ccccc31)C2=O. The Labute approximate surface area is 154 Å². The summed E-state index contributed by atoms with van der Waals surface area (Å²) < 4.78 is 11.4. The van der Waals surface area contributed by atoms with Crippen LogP contribution in [0.5, 0.6) is 0 Å². The number of hydrogen-bond donors (Lipinski definition) is 0. The highest BCUT2D eigenvalue weighted by molar-refractivity contribution is 6.00. The van der Waals surface area contributed by atoms with Crippen molar-refractivity contribution >= 4 is 11.7 Å². The third kappa shape index (κ3) is 2.71. The van der Waals surface area contributed by atoms with Crippen molar-refractivity contribution in [3.8, 4) is 0 Å². The number of aryl methyl sites for hydroxylation is 1. The number of nitrogens with zero attached hydrogens (tertiary/aromatic N) is 1. The fraction of sp³-hybridized carbons (Fsp3) is 0.318. The molecule has 0 aliphatic carbocycles. The molecule has 0 spiro atoms. The van der Waals surface area contributed by atoms with Crippen LogP contribution < -0.4 is 0 Å². The summed E-state index contributed by atoms with van der Waals surface area (Å²) in [5.41, 5.74) is 6.06. The molecule has 2 aliphatic heterocycles.